The van der Waals surface area contributed by atoms with Crippen molar-refractivity contribution >= 4 is 15.7 Å². The summed E-state index contributed by atoms with van der Waals surface area (Å²) in [4.78, 5) is 2.50. The van der Waals surface area contributed by atoms with Crippen molar-refractivity contribution in [1.29, 1.82) is 0 Å². The molecule has 3 aromatic carbocycles. The first-order valence-corrected chi connectivity index (χ1v) is 10.5. The van der Waals surface area contributed by atoms with Crippen LogP contribution in [-0.4, -0.2) is 26.9 Å². The van der Waals surface area contributed by atoms with Gasteiger partial charge in [0.05, 0.1) is 10.6 Å². The van der Waals surface area contributed by atoms with Crippen LogP contribution < -0.4 is 4.72 Å². The van der Waals surface area contributed by atoms with Crippen LogP contribution in [0.15, 0.2) is 77.7 Å². The van der Waals surface area contributed by atoms with Gasteiger partial charge in [-0.3, -0.25) is 4.72 Å². The molecule has 0 radical (unpaired) electrons. The first-order chi connectivity index (χ1) is 13.0. The largest absolute Gasteiger partial charge is 0.302 e. The molecule has 5 heteroatoms. The number of anilines is 1. The summed E-state index contributed by atoms with van der Waals surface area (Å²) in [6, 6.07) is 22.6. The van der Waals surface area contributed by atoms with E-state index in [0.29, 0.717) is 11.3 Å². The molecule has 138 valence electrons. The van der Waals surface area contributed by atoms with Crippen LogP contribution in [0.1, 0.15) is 11.1 Å². The molecule has 1 aliphatic heterocycles. The van der Waals surface area contributed by atoms with Crippen LogP contribution in [0.25, 0.3) is 11.1 Å². The van der Waals surface area contributed by atoms with Crippen molar-refractivity contribution in [3.05, 3.63) is 83.9 Å². The van der Waals surface area contributed by atoms with E-state index in [1.54, 1.807) is 12.1 Å². The predicted molar refractivity (Wildman–Crippen MR) is 109 cm³/mol. The average Bonchev–Trinajstić information content (AvgIpc) is 2.69. The summed E-state index contributed by atoms with van der Waals surface area (Å²) < 4.78 is 29.3. The Morgan fingerprint density at radius 3 is 2.44 bits per heavy atom. The van der Waals surface area contributed by atoms with E-state index in [2.05, 4.69) is 22.7 Å². The third-order valence-corrected chi connectivity index (χ3v) is 6.39. The van der Waals surface area contributed by atoms with E-state index in [-0.39, 0.29) is 4.90 Å². The molecular formula is C22H22N2O2S. The molecule has 0 atom stereocenters. The topological polar surface area (TPSA) is 49.4 Å². The number of hydrogen-bond acceptors (Lipinski definition) is 3. The van der Waals surface area contributed by atoms with Gasteiger partial charge >= 0.3 is 0 Å². The fourth-order valence-corrected chi connectivity index (χ4v) is 4.89. The quantitative estimate of drug-likeness (QED) is 0.742. The Bertz CT molecular complexity index is 1060. The highest BCUT2D eigenvalue weighted by Crippen LogP contribution is 2.31. The molecule has 4 nitrogen and oxygen atoms in total. The Kier molecular flexibility index (Phi) is 4.72. The Hall–Kier alpha value is -2.63. The molecule has 0 aromatic heterocycles. The van der Waals surface area contributed by atoms with Crippen molar-refractivity contribution in [3.63, 3.8) is 0 Å². The van der Waals surface area contributed by atoms with Gasteiger partial charge in [-0.2, -0.15) is 0 Å². The predicted octanol–water partition coefficient (Wildman–Crippen LogP) is 4.14. The average molecular weight is 378 g/mol. The number of likely N-dealkylation sites (N-methyl/N-ethyl adjacent to an activating group) is 1. The zero-order chi connectivity index (χ0) is 18.9. The van der Waals surface area contributed by atoms with Crippen LogP contribution in [0.5, 0.6) is 0 Å². The van der Waals surface area contributed by atoms with E-state index in [1.807, 2.05) is 54.6 Å². The molecule has 0 bridgehead atoms. The summed E-state index contributed by atoms with van der Waals surface area (Å²) in [5.74, 6) is 0. The highest BCUT2D eigenvalue weighted by Gasteiger charge is 2.23. The van der Waals surface area contributed by atoms with Gasteiger partial charge in [-0.15, -0.1) is 0 Å². The van der Waals surface area contributed by atoms with E-state index in [1.165, 1.54) is 5.56 Å². The lowest BCUT2D eigenvalue weighted by atomic mass is 9.99. The maximum absolute atomic E-state index is 13.2. The van der Waals surface area contributed by atoms with Crippen molar-refractivity contribution < 1.29 is 8.42 Å². The molecule has 1 aliphatic rings. The SMILES string of the molecule is CN1CCc2cccc(NS(=O)(=O)c3ccccc3-c3ccccc3)c2C1. The summed E-state index contributed by atoms with van der Waals surface area (Å²) in [6.07, 6.45) is 0.933. The second kappa shape index (κ2) is 7.18. The van der Waals surface area contributed by atoms with E-state index in [4.69, 9.17) is 0 Å². The minimum Gasteiger partial charge on any atom is -0.302 e. The third-order valence-electron chi connectivity index (χ3n) is 4.97. The molecule has 0 unspecified atom stereocenters. The minimum absolute atomic E-state index is 0.290. The summed E-state index contributed by atoms with van der Waals surface area (Å²) in [5.41, 5.74) is 4.53. The zero-order valence-corrected chi connectivity index (χ0v) is 16.0. The van der Waals surface area contributed by atoms with Crippen molar-refractivity contribution in [3.8, 4) is 11.1 Å². The highest BCUT2D eigenvalue weighted by atomic mass is 32.2. The summed E-state index contributed by atoms with van der Waals surface area (Å²) >= 11 is 0. The fraction of sp³-hybridized carbons (Fsp3) is 0.182. The van der Waals surface area contributed by atoms with Crippen molar-refractivity contribution in [2.24, 2.45) is 0 Å². The van der Waals surface area contributed by atoms with Gasteiger partial charge in [0.1, 0.15) is 0 Å². The number of rotatable bonds is 4. The molecule has 0 fully saturated rings. The number of benzene rings is 3. The first kappa shape index (κ1) is 17.8. The molecule has 4 rings (SSSR count). The molecule has 0 amide bonds. The summed E-state index contributed by atoms with van der Waals surface area (Å²) in [6.45, 7) is 1.73. The van der Waals surface area contributed by atoms with Crippen molar-refractivity contribution in [1.82, 2.24) is 4.90 Å². The Morgan fingerprint density at radius 2 is 1.63 bits per heavy atom. The summed E-state index contributed by atoms with van der Waals surface area (Å²) in [7, 11) is -1.66. The molecule has 1 heterocycles. The summed E-state index contributed by atoms with van der Waals surface area (Å²) in [5, 5.41) is 0. The normalized spacial score (nSPS) is 14.6. The third kappa shape index (κ3) is 3.61. The van der Waals surface area contributed by atoms with Crippen LogP contribution in [0.3, 0.4) is 0 Å². The minimum atomic E-state index is -3.71. The fourth-order valence-electron chi connectivity index (χ4n) is 3.57. The number of nitrogens with zero attached hydrogens (tertiary/aromatic N) is 1. The maximum Gasteiger partial charge on any atom is 0.262 e. The van der Waals surface area contributed by atoms with E-state index < -0.39 is 10.0 Å². The van der Waals surface area contributed by atoms with Gasteiger partial charge in [0.2, 0.25) is 0 Å². The van der Waals surface area contributed by atoms with E-state index in [9.17, 15) is 8.42 Å². The Balaban J connectivity index is 1.75. The van der Waals surface area contributed by atoms with Gasteiger partial charge in [-0.1, -0.05) is 60.7 Å². The smallest absolute Gasteiger partial charge is 0.262 e. The number of fused-ring (bicyclic) bond motifs is 1. The molecule has 0 aliphatic carbocycles. The van der Waals surface area contributed by atoms with Crippen molar-refractivity contribution in [2.45, 2.75) is 17.9 Å². The standard InChI is InChI=1S/C22H22N2O2S/c1-24-15-14-18-10-7-12-21(20(18)16-24)23-27(25,26)22-13-6-5-11-19(22)17-8-3-2-4-9-17/h2-13,23H,14-16H2,1H3. The van der Waals surface area contributed by atoms with Gasteiger partial charge in [-0.25, -0.2) is 8.42 Å². The van der Waals surface area contributed by atoms with Gasteiger partial charge in [0, 0.05) is 18.7 Å². The molecule has 0 spiro atoms. The van der Waals surface area contributed by atoms with Gasteiger partial charge in [-0.05, 0) is 42.3 Å². The molecule has 0 saturated heterocycles. The molecule has 0 saturated carbocycles. The van der Waals surface area contributed by atoms with E-state index >= 15 is 0 Å². The lowest BCUT2D eigenvalue weighted by Gasteiger charge is -2.27. The van der Waals surface area contributed by atoms with Crippen LogP contribution in [0, 0.1) is 0 Å². The Labute approximate surface area is 160 Å². The number of sulfonamides is 1. The van der Waals surface area contributed by atoms with Crippen LogP contribution >= 0.6 is 0 Å². The lowest BCUT2D eigenvalue weighted by Crippen LogP contribution is -2.28. The second-order valence-corrected chi connectivity index (χ2v) is 8.55. The molecule has 1 N–H and O–H groups in total. The first-order valence-electron chi connectivity index (χ1n) is 9.01. The molecule has 3 aromatic rings. The molecular weight excluding hydrogens is 356 g/mol. The van der Waals surface area contributed by atoms with Crippen molar-refractivity contribution in [2.75, 3.05) is 18.3 Å². The number of nitrogens with one attached hydrogen (secondary N) is 1. The number of hydrogen-bond donors (Lipinski definition) is 1. The molecule has 27 heavy (non-hydrogen) atoms. The van der Waals surface area contributed by atoms with Crippen LogP contribution in [0.2, 0.25) is 0 Å². The van der Waals surface area contributed by atoms with E-state index in [0.717, 1.165) is 30.6 Å². The second-order valence-electron chi connectivity index (χ2n) is 6.90. The van der Waals surface area contributed by atoms with Crippen LogP contribution in [0.4, 0.5) is 5.69 Å². The maximum atomic E-state index is 13.2. The monoisotopic (exact) mass is 378 g/mol. The highest BCUT2D eigenvalue weighted by molar-refractivity contribution is 7.92. The van der Waals surface area contributed by atoms with Gasteiger partial charge in [0.15, 0.2) is 0 Å². The van der Waals surface area contributed by atoms with Gasteiger partial charge < -0.3 is 4.90 Å². The van der Waals surface area contributed by atoms with Gasteiger partial charge in [0.25, 0.3) is 10.0 Å². The lowest BCUT2D eigenvalue weighted by molar-refractivity contribution is 0.313. The van der Waals surface area contributed by atoms with Crippen LogP contribution in [-0.2, 0) is 23.0 Å². The zero-order valence-electron chi connectivity index (χ0n) is 15.2. The Morgan fingerprint density at radius 1 is 0.889 bits per heavy atom.